The van der Waals surface area contributed by atoms with E-state index in [1.165, 1.54) is 0 Å². The Morgan fingerprint density at radius 1 is 1.07 bits per heavy atom. The van der Waals surface area contributed by atoms with Crippen molar-refractivity contribution in [2.75, 3.05) is 0 Å². The second kappa shape index (κ2) is 8.33. The molecule has 30 heavy (non-hydrogen) atoms. The number of hydrogen-bond acceptors (Lipinski definition) is 7. The van der Waals surface area contributed by atoms with Gasteiger partial charge in [0, 0.05) is 6.42 Å². The molecule has 0 aromatic heterocycles. The number of rotatable bonds is 3. The minimum Gasteiger partial charge on any atom is -0.443 e. The number of benzene rings is 1. The van der Waals surface area contributed by atoms with Crippen molar-refractivity contribution in [2.45, 2.75) is 71.6 Å². The van der Waals surface area contributed by atoms with Gasteiger partial charge in [-0.1, -0.05) is 35.5 Å². The fourth-order valence-electron chi connectivity index (χ4n) is 2.83. The zero-order chi connectivity index (χ0) is 22.7. The highest BCUT2D eigenvalue weighted by Crippen LogP contribution is 2.30. The predicted molar refractivity (Wildman–Crippen MR) is 110 cm³/mol. The highest BCUT2D eigenvalue weighted by Gasteiger charge is 2.57. The lowest BCUT2D eigenvalue weighted by Crippen LogP contribution is -2.67. The summed E-state index contributed by atoms with van der Waals surface area (Å²) in [6.45, 7) is 11.6. The quantitative estimate of drug-likeness (QED) is 0.593. The van der Waals surface area contributed by atoms with E-state index in [1.54, 1.807) is 72.7 Å². The fourth-order valence-corrected chi connectivity index (χ4v) is 2.83. The summed E-state index contributed by atoms with van der Waals surface area (Å²) >= 11 is 0. The van der Waals surface area contributed by atoms with Crippen molar-refractivity contribution in [3.63, 3.8) is 0 Å². The molecule has 1 aliphatic rings. The smallest absolute Gasteiger partial charge is 0.430 e. The summed E-state index contributed by atoms with van der Waals surface area (Å²) in [5, 5.41) is 4.59. The van der Waals surface area contributed by atoms with Crippen molar-refractivity contribution in [1.29, 1.82) is 0 Å². The largest absolute Gasteiger partial charge is 0.443 e. The minimum atomic E-state index is -1.74. The Kier molecular flexibility index (Phi) is 6.44. The molecule has 0 spiro atoms. The van der Waals surface area contributed by atoms with Crippen molar-refractivity contribution in [1.82, 2.24) is 10.4 Å². The van der Waals surface area contributed by atoms with Gasteiger partial charge in [-0.15, -0.1) is 0 Å². The van der Waals surface area contributed by atoms with Gasteiger partial charge in [0.05, 0.1) is 5.71 Å². The van der Waals surface area contributed by atoms with Crippen LogP contribution in [0.1, 0.15) is 54.0 Å². The van der Waals surface area contributed by atoms with Crippen LogP contribution < -0.4 is 5.43 Å². The molecule has 1 aromatic carbocycles. The first kappa shape index (κ1) is 23.2. The number of carbonyl (C=O) groups is 3. The highest BCUT2D eigenvalue weighted by molar-refractivity contribution is 6.14. The summed E-state index contributed by atoms with van der Waals surface area (Å²) in [7, 11) is 0. The number of ether oxygens (including phenoxy) is 2. The van der Waals surface area contributed by atoms with E-state index in [-0.39, 0.29) is 12.1 Å². The predicted octanol–water partition coefficient (Wildman–Crippen LogP) is 3.58. The van der Waals surface area contributed by atoms with Crippen molar-refractivity contribution in [3.8, 4) is 0 Å². The van der Waals surface area contributed by atoms with Gasteiger partial charge in [0.1, 0.15) is 11.2 Å². The summed E-state index contributed by atoms with van der Waals surface area (Å²) in [4.78, 5) is 43.4. The summed E-state index contributed by atoms with van der Waals surface area (Å²) in [5.41, 5.74) is -0.146. The average Bonchev–Trinajstić information content (AvgIpc) is 2.86. The fraction of sp³-hybridized carbons (Fsp3) is 0.524. The molecule has 9 heteroatoms. The van der Waals surface area contributed by atoms with Crippen molar-refractivity contribution in [2.24, 2.45) is 5.16 Å². The molecule has 0 radical (unpaired) electrons. The van der Waals surface area contributed by atoms with Gasteiger partial charge in [-0.25, -0.2) is 19.8 Å². The third-order valence-electron chi connectivity index (χ3n) is 4.06. The van der Waals surface area contributed by atoms with Gasteiger partial charge in [0.25, 0.3) is 0 Å². The Hall–Kier alpha value is -3.10. The van der Waals surface area contributed by atoms with Gasteiger partial charge in [0.15, 0.2) is 0 Å². The maximum absolute atomic E-state index is 13.1. The first-order valence-electron chi connectivity index (χ1n) is 9.58. The molecule has 0 saturated heterocycles. The molecule has 1 N–H and O–H groups in total. The summed E-state index contributed by atoms with van der Waals surface area (Å²) < 4.78 is 10.7. The number of hydrazine groups is 1. The zero-order valence-corrected chi connectivity index (χ0v) is 18.4. The molecule has 1 unspecified atom stereocenters. The first-order valence-corrected chi connectivity index (χ1v) is 9.58. The maximum Gasteiger partial charge on any atom is 0.430 e. The number of amides is 2. The molecule has 1 heterocycles. The third kappa shape index (κ3) is 5.49. The number of nitrogens with one attached hydrogen (secondary N) is 1. The molecule has 0 aliphatic carbocycles. The summed E-state index contributed by atoms with van der Waals surface area (Å²) in [5.74, 6) is -0.814. The second-order valence-corrected chi connectivity index (χ2v) is 9.01. The van der Waals surface area contributed by atoms with Gasteiger partial charge < -0.3 is 14.3 Å². The molecule has 0 bridgehead atoms. The molecule has 9 nitrogen and oxygen atoms in total. The van der Waals surface area contributed by atoms with Gasteiger partial charge >= 0.3 is 18.2 Å². The Morgan fingerprint density at radius 2 is 1.63 bits per heavy atom. The summed E-state index contributed by atoms with van der Waals surface area (Å²) in [6.07, 6.45) is -1.86. The van der Waals surface area contributed by atoms with Crippen molar-refractivity contribution in [3.05, 3.63) is 35.9 Å². The standard InChI is InChI=1S/C21H29N3O6/c1-14-21(16(25)30-23-14,13-15-11-9-8-10-12-15)24(18(27)29-20(5,6)7)22-17(26)28-19(2,3)4/h8-12H,13H2,1-7H3,(H,22,26). The van der Waals surface area contributed by atoms with Crippen LogP contribution in [0.3, 0.4) is 0 Å². The van der Waals surface area contributed by atoms with Crippen LogP contribution in [0.25, 0.3) is 0 Å². The van der Waals surface area contributed by atoms with Crippen molar-refractivity contribution >= 4 is 23.9 Å². The van der Waals surface area contributed by atoms with Crippen LogP contribution in [-0.2, 0) is 25.5 Å². The molecular formula is C21H29N3O6. The second-order valence-electron chi connectivity index (χ2n) is 9.01. The first-order chi connectivity index (χ1) is 13.7. The van der Waals surface area contributed by atoms with Gasteiger partial charge in [-0.2, -0.15) is 5.01 Å². The number of nitrogens with zero attached hydrogens (tertiary/aromatic N) is 2. The number of carbonyl (C=O) groups excluding carboxylic acids is 3. The minimum absolute atomic E-state index is 0.0110. The SMILES string of the molecule is CC1=NOC(=O)C1(Cc1ccccc1)N(NC(=O)OC(C)(C)C)C(=O)OC(C)(C)C. The zero-order valence-electron chi connectivity index (χ0n) is 18.4. The van der Waals surface area contributed by atoms with Crippen LogP contribution in [0.2, 0.25) is 0 Å². The summed E-state index contributed by atoms with van der Waals surface area (Å²) in [6, 6.07) is 9.02. The molecule has 0 saturated carbocycles. The van der Waals surface area contributed by atoms with Crippen LogP contribution >= 0.6 is 0 Å². The highest BCUT2D eigenvalue weighted by atomic mass is 16.7. The van der Waals surface area contributed by atoms with Crippen molar-refractivity contribution < 1.29 is 28.7 Å². The number of hydrogen-bond donors (Lipinski definition) is 1. The normalized spacial score (nSPS) is 18.9. The molecule has 1 atom stereocenters. The number of oxime groups is 1. The molecule has 1 aliphatic heterocycles. The molecule has 2 rings (SSSR count). The average molecular weight is 419 g/mol. The maximum atomic E-state index is 13.1. The van der Waals surface area contributed by atoms with E-state index in [2.05, 4.69) is 10.6 Å². The Morgan fingerprint density at radius 3 is 2.10 bits per heavy atom. The van der Waals surface area contributed by atoms with Crippen LogP contribution in [0.4, 0.5) is 9.59 Å². The molecular weight excluding hydrogens is 390 g/mol. The molecule has 2 amide bonds. The van der Waals surface area contributed by atoms with E-state index in [0.717, 1.165) is 10.6 Å². The lowest BCUT2D eigenvalue weighted by atomic mass is 9.86. The van der Waals surface area contributed by atoms with E-state index >= 15 is 0 Å². The monoisotopic (exact) mass is 419 g/mol. The van der Waals surface area contributed by atoms with E-state index in [1.807, 2.05) is 6.07 Å². The molecule has 1 aromatic rings. The molecule has 164 valence electrons. The van der Waals surface area contributed by atoms with E-state index < -0.39 is 34.9 Å². The third-order valence-corrected chi connectivity index (χ3v) is 4.06. The van der Waals surface area contributed by atoms with Gasteiger partial charge in [-0.3, -0.25) is 0 Å². The van der Waals surface area contributed by atoms with Crippen LogP contribution in [0.15, 0.2) is 35.5 Å². The lowest BCUT2D eigenvalue weighted by molar-refractivity contribution is -0.151. The Labute approximate surface area is 176 Å². The molecule has 0 fully saturated rings. The van der Waals surface area contributed by atoms with E-state index in [0.29, 0.717) is 0 Å². The van der Waals surface area contributed by atoms with Crippen LogP contribution in [-0.4, -0.2) is 45.6 Å². The van der Waals surface area contributed by atoms with E-state index in [4.69, 9.17) is 14.3 Å². The van der Waals surface area contributed by atoms with Crippen LogP contribution in [0.5, 0.6) is 0 Å². The topological polar surface area (TPSA) is 107 Å². The van der Waals surface area contributed by atoms with Gasteiger partial charge in [0.2, 0.25) is 5.54 Å². The van der Waals surface area contributed by atoms with Crippen LogP contribution in [0, 0.1) is 0 Å². The lowest BCUT2D eigenvalue weighted by Gasteiger charge is -2.38. The Balaban J connectivity index is 2.52. The van der Waals surface area contributed by atoms with Gasteiger partial charge in [-0.05, 0) is 54.0 Å². The van der Waals surface area contributed by atoms with E-state index in [9.17, 15) is 14.4 Å². The Bertz CT molecular complexity index is 839.